The number of H-pyrrole nitrogens is 1. The standard InChI is InChI=1S/C9H14N2OS/c12-9-11-8(6-13-9)5-10-7-3-1-2-4-7/h6-7,10H,1-5H2,(H,11,12). The number of hydrogen-bond acceptors (Lipinski definition) is 3. The van der Waals surface area contributed by atoms with Crippen LogP contribution in [-0.4, -0.2) is 11.0 Å². The maximum atomic E-state index is 10.8. The van der Waals surface area contributed by atoms with E-state index in [2.05, 4.69) is 10.3 Å². The molecule has 1 saturated carbocycles. The van der Waals surface area contributed by atoms with Crippen LogP contribution in [0.5, 0.6) is 0 Å². The van der Waals surface area contributed by atoms with Gasteiger partial charge >= 0.3 is 4.87 Å². The van der Waals surface area contributed by atoms with Crippen molar-refractivity contribution in [3.05, 3.63) is 20.7 Å². The van der Waals surface area contributed by atoms with Gasteiger partial charge in [0.05, 0.1) is 0 Å². The Bertz CT molecular complexity index is 311. The van der Waals surface area contributed by atoms with Gasteiger partial charge in [-0.2, -0.15) is 0 Å². The van der Waals surface area contributed by atoms with Crippen LogP contribution in [0.1, 0.15) is 31.4 Å². The van der Waals surface area contributed by atoms with Crippen molar-refractivity contribution < 1.29 is 0 Å². The van der Waals surface area contributed by atoms with Crippen LogP contribution in [0.25, 0.3) is 0 Å². The molecule has 0 bridgehead atoms. The predicted molar refractivity (Wildman–Crippen MR) is 54.0 cm³/mol. The third-order valence-corrected chi connectivity index (χ3v) is 3.23. The van der Waals surface area contributed by atoms with E-state index in [9.17, 15) is 4.79 Å². The lowest BCUT2D eigenvalue weighted by Crippen LogP contribution is -2.25. The summed E-state index contributed by atoms with van der Waals surface area (Å²) in [5.74, 6) is 0. The molecule has 0 radical (unpaired) electrons. The second-order valence-corrected chi connectivity index (χ2v) is 4.38. The average Bonchev–Trinajstić information content (AvgIpc) is 2.71. The highest BCUT2D eigenvalue weighted by Gasteiger charge is 2.13. The second kappa shape index (κ2) is 4.07. The van der Waals surface area contributed by atoms with E-state index < -0.39 is 0 Å². The van der Waals surface area contributed by atoms with Gasteiger partial charge in [0.2, 0.25) is 0 Å². The molecular weight excluding hydrogens is 184 g/mol. The van der Waals surface area contributed by atoms with Gasteiger partial charge in [-0.25, -0.2) is 0 Å². The Labute approximate surface area is 81.2 Å². The Morgan fingerprint density at radius 1 is 1.54 bits per heavy atom. The number of thiazole rings is 1. The number of aromatic nitrogens is 1. The van der Waals surface area contributed by atoms with Crippen LogP contribution < -0.4 is 10.2 Å². The van der Waals surface area contributed by atoms with Crippen LogP contribution in [0, 0.1) is 0 Å². The molecule has 13 heavy (non-hydrogen) atoms. The van der Waals surface area contributed by atoms with Crippen molar-refractivity contribution in [2.75, 3.05) is 0 Å². The van der Waals surface area contributed by atoms with Gasteiger partial charge in [-0.05, 0) is 12.8 Å². The summed E-state index contributed by atoms with van der Waals surface area (Å²) in [6, 6.07) is 0.670. The molecule has 1 aliphatic rings. The van der Waals surface area contributed by atoms with Crippen LogP contribution in [0.15, 0.2) is 10.2 Å². The predicted octanol–water partition coefficient (Wildman–Crippen LogP) is 1.47. The number of hydrogen-bond donors (Lipinski definition) is 2. The van der Waals surface area contributed by atoms with Crippen LogP contribution >= 0.6 is 11.3 Å². The number of rotatable bonds is 3. The fourth-order valence-corrected chi connectivity index (χ4v) is 2.37. The monoisotopic (exact) mass is 198 g/mol. The summed E-state index contributed by atoms with van der Waals surface area (Å²) in [6.45, 7) is 0.809. The lowest BCUT2D eigenvalue weighted by molar-refractivity contribution is 0.520. The zero-order valence-corrected chi connectivity index (χ0v) is 8.32. The number of aromatic amines is 1. The van der Waals surface area contributed by atoms with Gasteiger partial charge in [0.15, 0.2) is 0 Å². The molecule has 72 valence electrons. The van der Waals surface area contributed by atoms with Crippen molar-refractivity contribution >= 4 is 11.3 Å². The molecule has 4 heteroatoms. The third kappa shape index (κ3) is 2.42. The minimum atomic E-state index is 0.0446. The lowest BCUT2D eigenvalue weighted by atomic mass is 10.2. The SMILES string of the molecule is O=c1[nH]c(CNC2CCCC2)cs1. The second-order valence-electron chi connectivity index (χ2n) is 3.54. The van der Waals surface area contributed by atoms with E-state index in [1.165, 1.54) is 37.0 Å². The van der Waals surface area contributed by atoms with E-state index in [0.717, 1.165) is 12.2 Å². The minimum absolute atomic E-state index is 0.0446. The molecule has 3 nitrogen and oxygen atoms in total. The smallest absolute Gasteiger partial charge is 0.304 e. The molecule has 2 N–H and O–H groups in total. The van der Waals surface area contributed by atoms with Gasteiger partial charge in [0, 0.05) is 23.7 Å². The molecule has 0 saturated heterocycles. The zero-order chi connectivity index (χ0) is 9.10. The number of nitrogens with one attached hydrogen (secondary N) is 2. The first kappa shape index (κ1) is 8.97. The normalized spacial score (nSPS) is 18.2. The Balaban J connectivity index is 1.82. The highest BCUT2D eigenvalue weighted by molar-refractivity contribution is 7.07. The van der Waals surface area contributed by atoms with Crippen LogP contribution in [0.3, 0.4) is 0 Å². The van der Waals surface area contributed by atoms with Gasteiger partial charge in [-0.15, -0.1) is 0 Å². The van der Waals surface area contributed by atoms with Crippen molar-refractivity contribution in [1.29, 1.82) is 0 Å². The maximum Gasteiger partial charge on any atom is 0.304 e. The van der Waals surface area contributed by atoms with Crippen molar-refractivity contribution in [3.63, 3.8) is 0 Å². The van der Waals surface area contributed by atoms with Crippen LogP contribution in [0.2, 0.25) is 0 Å². The van der Waals surface area contributed by atoms with Gasteiger partial charge in [0.25, 0.3) is 0 Å². The summed E-state index contributed by atoms with van der Waals surface area (Å²) in [5, 5.41) is 5.34. The average molecular weight is 198 g/mol. The Hall–Kier alpha value is -0.610. The first-order valence-corrected chi connectivity index (χ1v) is 5.62. The molecular formula is C9H14N2OS. The quantitative estimate of drug-likeness (QED) is 0.772. The first-order valence-electron chi connectivity index (χ1n) is 4.74. The summed E-state index contributed by atoms with van der Waals surface area (Å²) < 4.78 is 0. The van der Waals surface area contributed by atoms with E-state index >= 15 is 0 Å². The zero-order valence-electron chi connectivity index (χ0n) is 7.51. The van der Waals surface area contributed by atoms with Gasteiger partial charge in [0.1, 0.15) is 0 Å². The van der Waals surface area contributed by atoms with E-state index in [1.54, 1.807) is 0 Å². The van der Waals surface area contributed by atoms with E-state index in [0.29, 0.717) is 6.04 Å². The Kier molecular flexibility index (Phi) is 2.80. The molecule has 1 heterocycles. The highest BCUT2D eigenvalue weighted by atomic mass is 32.1. The molecule has 1 aromatic heterocycles. The van der Waals surface area contributed by atoms with Crippen LogP contribution in [0.4, 0.5) is 0 Å². The largest absolute Gasteiger partial charge is 0.315 e. The molecule has 1 fully saturated rings. The van der Waals surface area contributed by atoms with Crippen molar-refractivity contribution in [2.45, 2.75) is 38.3 Å². The van der Waals surface area contributed by atoms with Crippen molar-refractivity contribution in [3.8, 4) is 0 Å². The van der Waals surface area contributed by atoms with E-state index in [4.69, 9.17) is 0 Å². The van der Waals surface area contributed by atoms with Crippen molar-refractivity contribution in [1.82, 2.24) is 10.3 Å². The molecule has 0 aliphatic heterocycles. The molecule has 1 aliphatic carbocycles. The van der Waals surface area contributed by atoms with E-state index in [1.807, 2.05) is 5.38 Å². The summed E-state index contributed by atoms with van der Waals surface area (Å²) in [6.07, 6.45) is 5.26. The molecule has 0 atom stereocenters. The molecule has 1 aromatic rings. The summed E-state index contributed by atoms with van der Waals surface area (Å²) in [4.78, 5) is 13.7. The van der Waals surface area contributed by atoms with Gasteiger partial charge < -0.3 is 10.3 Å². The fourth-order valence-electron chi connectivity index (χ4n) is 1.78. The molecule has 2 rings (SSSR count). The topological polar surface area (TPSA) is 44.9 Å². The summed E-state index contributed by atoms with van der Waals surface area (Å²) in [7, 11) is 0. The fraction of sp³-hybridized carbons (Fsp3) is 0.667. The maximum absolute atomic E-state index is 10.8. The third-order valence-electron chi connectivity index (χ3n) is 2.51. The van der Waals surface area contributed by atoms with E-state index in [-0.39, 0.29) is 4.87 Å². The van der Waals surface area contributed by atoms with Crippen molar-refractivity contribution in [2.24, 2.45) is 0 Å². The lowest BCUT2D eigenvalue weighted by Gasteiger charge is -2.09. The van der Waals surface area contributed by atoms with Gasteiger partial charge in [-0.3, -0.25) is 4.79 Å². The van der Waals surface area contributed by atoms with Gasteiger partial charge in [-0.1, -0.05) is 24.2 Å². The highest BCUT2D eigenvalue weighted by Crippen LogP contribution is 2.17. The first-order chi connectivity index (χ1) is 6.34. The van der Waals surface area contributed by atoms with Crippen LogP contribution in [-0.2, 0) is 6.54 Å². The summed E-state index contributed by atoms with van der Waals surface area (Å²) in [5.41, 5.74) is 1.02. The minimum Gasteiger partial charge on any atom is -0.315 e. The Morgan fingerprint density at radius 3 is 2.92 bits per heavy atom. The molecule has 0 spiro atoms. The summed E-state index contributed by atoms with van der Waals surface area (Å²) >= 11 is 1.24. The Morgan fingerprint density at radius 2 is 2.31 bits per heavy atom. The molecule has 0 unspecified atom stereocenters. The molecule has 0 amide bonds. The molecule has 0 aromatic carbocycles.